The molecule has 0 unspecified atom stereocenters. The van der Waals surface area contributed by atoms with Crippen LogP contribution < -0.4 is 5.32 Å². The summed E-state index contributed by atoms with van der Waals surface area (Å²) < 4.78 is 2.15. The smallest absolute Gasteiger partial charge is 0.322 e. The number of nitrogens with zero attached hydrogens (tertiary/aromatic N) is 3. The summed E-state index contributed by atoms with van der Waals surface area (Å²) in [7, 11) is 0. The summed E-state index contributed by atoms with van der Waals surface area (Å²) in [5.74, 6) is 0.0211. The topological polar surface area (TPSA) is 57.6 Å². The van der Waals surface area contributed by atoms with Crippen molar-refractivity contribution in [3.63, 3.8) is 0 Å². The van der Waals surface area contributed by atoms with Crippen molar-refractivity contribution in [2.45, 2.75) is 33.4 Å². The lowest BCUT2D eigenvalue weighted by Gasteiger charge is -2.39. The quantitative estimate of drug-likeness (QED) is 0.400. The fourth-order valence-electron chi connectivity index (χ4n) is 4.77. The minimum Gasteiger partial charge on any atom is -0.334 e. The predicted molar refractivity (Wildman–Crippen MR) is 142 cm³/mol. The van der Waals surface area contributed by atoms with Crippen LogP contribution in [0.3, 0.4) is 0 Å². The number of aromatic nitrogens is 1. The van der Waals surface area contributed by atoms with Crippen LogP contribution in [0, 0.1) is 13.8 Å². The van der Waals surface area contributed by atoms with Gasteiger partial charge in [-0.2, -0.15) is 0 Å². The Morgan fingerprint density at radius 3 is 2.49 bits per heavy atom. The van der Waals surface area contributed by atoms with Crippen LogP contribution in [0.25, 0.3) is 10.2 Å². The lowest BCUT2D eigenvalue weighted by molar-refractivity contribution is 0.0583. The first-order valence-corrected chi connectivity index (χ1v) is 12.8. The van der Waals surface area contributed by atoms with Gasteiger partial charge in [0.05, 0.1) is 0 Å². The molecule has 180 valence electrons. The van der Waals surface area contributed by atoms with Crippen molar-refractivity contribution in [1.29, 1.82) is 0 Å². The van der Waals surface area contributed by atoms with Gasteiger partial charge < -0.3 is 19.7 Å². The Balaban J connectivity index is 1.33. The monoisotopic (exact) mass is 486 g/mol. The second-order valence-electron chi connectivity index (χ2n) is 9.26. The average molecular weight is 487 g/mol. The molecule has 2 aromatic heterocycles. The number of urea groups is 1. The molecule has 1 N–H and O–H groups in total. The summed E-state index contributed by atoms with van der Waals surface area (Å²) in [6, 6.07) is 19.9. The number of thiophene rings is 1. The van der Waals surface area contributed by atoms with Gasteiger partial charge in [-0.25, -0.2) is 4.79 Å². The number of benzene rings is 2. The highest BCUT2D eigenvalue weighted by atomic mass is 32.1. The summed E-state index contributed by atoms with van der Waals surface area (Å²) in [6.07, 6.45) is 0. The van der Waals surface area contributed by atoms with Crippen LogP contribution in [0.1, 0.15) is 34.1 Å². The van der Waals surface area contributed by atoms with Crippen molar-refractivity contribution < 1.29 is 9.59 Å². The van der Waals surface area contributed by atoms with E-state index in [2.05, 4.69) is 40.4 Å². The Kier molecular flexibility index (Phi) is 6.34. The highest BCUT2D eigenvalue weighted by Gasteiger charge is 2.32. The molecule has 2 aromatic carbocycles. The molecule has 7 heteroatoms. The Morgan fingerprint density at radius 1 is 1.00 bits per heavy atom. The number of amides is 3. The second-order valence-corrected chi connectivity index (χ2v) is 10.2. The molecule has 0 saturated carbocycles. The van der Waals surface area contributed by atoms with E-state index in [-0.39, 0.29) is 18.0 Å². The van der Waals surface area contributed by atoms with Crippen LogP contribution in [-0.2, 0) is 6.54 Å². The average Bonchev–Trinajstić information content (AvgIpc) is 3.44. The molecule has 1 saturated heterocycles. The van der Waals surface area contributed by atoms with E-state index in [0.29, 0.717) is 31.9 Å². The van der Waals surface area contributed by atoms with Crippen LogP contribution >= 0.6 is 11.3 Å². The zero-order valence-electron chi connectivity index (χ0n) is 20.3. The minimum absolute atomic E-state index is 0.0211. The van der Waals surface area contributed by atoms with Gasteiger partial charge in [-0.1, -0.05) is 42.5 Å². The molecule has 3 amide bonds. The third-order valence-corrected chi connectivity index (χ3v) is 7.82. The normalized spacial score (nSPS) is 16.0. The van der Waals surface area contributed by atoms with Crippen LogP contribution in [0.4, 0.5) is 10.5 Å². The zero-order valence-corrected chi connectivity index (χ0v) is 21.1. The number of carbonyl (C=O) groups is 2. The lowest BCUT2D eigenvalue weighted by atomic mass is 10.1. The Morgan fingerprint density at radius 2 is 1.74 bits per heavy atom. The number of rotatable bonds is 4. The number of carbonyl (C=O) groups excluding carboxylic acids is 2. The molecule has 3 heterocycles. The SMILES string of the molecule is Cc1ccccc1Cn1c(C(=O)N2CCN(C(=O)Nc3ccccc3C)[C@H](C)C2)cc2ccsc21. The fraction of sp³-hybridized carbons (Fsp3) is 0.286. The maximum Gasteiger partial charge on any atom is 0.322 e. The molecule has 6 nitrogen and oxygen atoms in total. The van der Waals surface area contributed by atoms with E-state index in [1.165, 1.54) is 11.1 Å². The third-order valence-electron chi connectivity index (χ3n) is 6.87. The molecule has 35 heavy (non-hydrogen) atoms. The highest BCUT2D eigenvalue weighted by molar-refractivity contribution is 7.16. The maximum absolute atomic E-state index is 13.7. The number of para-hydroxylation sites is 1. The van der Waals surface area contributed by atoms with Gasteiger partial charge in [0.2, 0.25) is 0 Å². The van der Waals surface area contributed by atoms with Crippen molar-refractivity contribution in [3.05, 3.63) is 88.4 Å². The van der Waals surface area contributed by atoms with E-state index >= 15 is 0 Å². The summed E-state index contributed by atoms with van der Waals surface area (Å²) in [5, 5.41) is 6.19. The second kappa shape index (κ2) is 9.58. The van der Waals surface area contributed by atoms with Crippen LogP contribution in [0.5, 0.6) is 0 Å². The number of piperazine rings is 1. The lowest BCUT2D eigenvalue weighted by Crippen LogP contribution is -2.56. The van der Waals surface area contributed by atoms with E-state index in [0.717, 1.165) is 21.5 Å². The summed E-state index contributed by atoms with van der Waals surface area (Å²) in [4.78, 5) is 31.5. The molecule has 0 aliphatic carbocycles. The van der Waals surface area contributed by atoms with Gasteiger partial charge in [-0.15, -0.1) is 11.3 Å². The summed E-state index contributed by atoms with van der Waals surface area (Å²) in [5.41, 5.74) is 4.97. The van der Waals surface area contributed by atoms with E-state index in [4.69, 9.17) is 0 Å². The van der Waals surface area contributed by atoms with E-state index in [1.807, 2.05) is 66.1 Å². The van der Waals surface area contributed by atoms with Crippen molar-refractivity contribution >= 4 is 39.2 Å². The van der Waals surface area contributed by atoms with Gasteiger partial charge in [-0.3, -0.25) is 4.79 Å². The third kappa shape index (κ3) is 4.56. The van der Waals surface area contributed by atoms with Crippen LogP contribution in [-0.4, -0.2) is 52.0 Å². The molecular formula is C28H30N4O2S. The van der Waals surface area contributed by atoms with Crippen LogP contribution in [0.2, 0.25) is 0 Å². The van der Waals surface area contributed by atoms with Crippen molar-refractivity contribution in [2.24, 2.45) is 0 Å². The largest absolute Gasteiger partial charge is 0.334 e. The fourth-order valence-corrected chi connectivity index (χ4v) is 5.67. The van der Waals surface area contributed by atoms with Crippen molar-refractivity contribution in [2.75, 3.05) is 25.0 Å². The van der Waals surface area contributed by atoms with E-state index in [9.17, 15) is 9.59 Å². The number of aryl methyl sites for hydroxylation is 2. The van der Waals surface area contributed by atoms with Crippen molar-refractivity contribution in [1.82, 2.24) is 14.4 Å². The Labute approximate surface area is 209 Å². The molecular weight excluding hydrogens is 456 g/mol. The summed E-state index contributed by atoms with van der Waals surface area (Å²) in [6.45, 7) is 8.25. The van der Waals surface area contributed by atoms with Gasteiger partial charge in [0.25, 0.3) is 5.91 Å². The number of hydrogen-bond donors (Lipinski definition) is 1. The highest BCUT2D eigenvalue weighted by Crippen LogP contribution is 2.28. The molecule has 0 radical (unpaired) electrons. The number of anilines is 1. The van der Waals surface area contributed by atoms with Gasteiger partial charge in [0.1, 0.15) is 10.5 Å². The minimum atomic E-state index is -0.123. The van der Waals surface area contributed by atoms with Gasteiger partial charge in [0, 0.05) is 43.3 Å². The first-order valence-electron chi connectivity index (χ1n) is 12.0. The summed E-state index contributed by atoms with van der Waals surface area (Å²) >= 11 is 1.66. The standard InChI is InChI=1S/C28H30N4O2S/c1-19-8-4-6-10-23(19)18-32-25(16-22-12-15-35-27(22)32)26(33)30-13-14-31(21(3)17-30)28(34)29-24-11-7-5-9-20(24)2/h4-12,15-16,21H,13-14,17-18H2,1-3H3,(H,29,34)/t21-/m1/s1. The van der Waals surface area contributed by atoms with Crippen LogP contribution in [0.15, 0.2) is 66.0 Å². The van der Waals surface area contributed by atoms with Gasteiger partial charge in [0.15, 0.2) is 0 Å². The zero-order chi connectivity index (χ0) is 24.5. The predicted octanol–water partition coefficient (Wildman–Crippen LogP) is 5.75. The molecule has 0 bridgehead atoms. The van der Waals surface area contributed by atoms with E-state index < -0.39 is 0 Å². The number of nitrogens with one attached hydrogen (secondary N) is 1. The van der Waals surface area contributed by atoms with Crippen molar-refractivity contribution in [3.8, 4) is 0 Å². The molecule has 4 aromatic rings. The molecule has 0 spiro atoms. The molecule has 5 rings (SSSR count). The Bertz CT molecular complexity index is 1390. The molecule has 1 fully saturated rings. The first-order chi connectivity index (χ1) is 16.9. The molecule has 1 aliphatic rings. The number of fused-ring (bicyclic) bond motifs is 1. The Hall–Kier alpha value is -3.58. The van der Waals surface area contributed by atoms with E-state index in [1.54, 1.807) is 11.3 Å². The molecule has 1 aliphatic heterocycles. The number of hydrogen-bond acceptors (Lipinski definition) is 3. The van der Waals surface area contributed by atoms with Gasteiger partial charge in [-0.05, 0) is 61.0 Å². The first kappa shape index (κ1) is 23.2. The van der Waals surface area contributed by atoms with Gasteiger partial charge >= 0.3 is 6.03 Å². The maximum atomic E-state index is 13.7. The molecule has 1 atom stereocenters.